The SMILES string of the molecule is O=C(c1ccco1)N1CCN=C1SCc1cccc(C(F)(F)F)c1. The number of hydrogen-bond donors (Lipinski definition) is 0. The summed E-state index contributed by atoms with van der Waals surface area (Å²) in [6, 6.07) is 8.33. The van der Waals surface area contributed by atoms with E-state index in [4.69, 9.17) is 4.42 Å². The first-order chi connectivity index (χ1) is 11.4. The largest absolute Gasteiger partial charge is 0.459 e. The molecule has 0 unspecified atom stereocenters. The molecule has 0 spiro atoms. The van der Waals surface area contributed by atoms with E-state index in [1.54, 1.807) is 18.2 Å². The van der Waals surface area contributed by atoms with Crippen LogP contribution in [0.5, 0.6) is 0 Å². The monoisotopic (exact) mass is 354 g/mol. The lowest BCUT2D eigenvalue weighted by molar-refractivity contribution is -0.137. The molecule has 0 saturated carbocycles. The fraction of sp³-hybridized carbons (Fsp3) is 0.250. The molecule has 1 aromatic heterocycles. The van der Waals surface area contributed by atoms with Gasteiger partial charge in [0.2, 0.25) is 0 Å². The summed E-state index contributed by atoms with van der Waals surface area (Å²) >= 11 is 1.24. The van der Waals surface area contributed by atoms with Crippen molar-refractivity contribution in [1.29, 1.82) is 0 Å². The van der Waals surface area contributed by atoms with Crippen LogP contribution in [0.15, 0.2) is 52.1 Å². The van der Waals surface area contributed by atoms with Gasteiger partial charge in [-0.15, -0.1) is 0 Å². The molecule has 0 aliphatic carbocycles. The highest BCUT2D eigenvalue weighted by atomic mass is 32.2. The predicted molar refractivity (Wildman–Crippen MR) is 84.8 cm³/mol. The second kappa shape index (κ2) is 6.72. The summed E-state index contributed by atoms with van der Waals surface area (Å²) in [5.41, 5.74) is -0.160. The Labute approximate surface area is 140 Å². The normalized spacial score (nSPS) is 14.8. The van der Waals surface area contributed by atoms with Gasteiger partial charge in [0.1, 0.15) is 0 Å². The van der Waals surface area contributed by atoms with Crippen molar-refractivity contribution in [1.82, 2.24) is 4.90 Å². The average molecular weight is 354 g/mol. The van der Waals surface area contributed by atoms with Crippen LogP contribution in [0.1, 0.15) is 21.7 Å². The maximum absolute atomic E-state index is 12.7. The Balaban J connectivity index is 1.67. The van der Waals surface area contributed by atoms with Crippen LogP contribution >= 0.6 is 11.8 Å². The van der Waals surface area contributed by atoms with Gasteiger partial charge in [-0.25, -0.2) is 0 Å². The summed E-state index contributed by atoms with van der Waals surface area (Å²) in [6.07, 6.45) is -2.96. The number of hydrogen-bond acceptors (Lipinski definition) is 4. The van der Waals surface area contributed by atoms with Gasteiger partial charge in [0.05, 0.1) is 18.4 Å². The van der Waals surface area contributed by atoms with Crippen molar-refractivity contribution >= 4 is 22.8 Å². The molecule has 4 nitrogen and oxygen atoms in total. The molecule has 8 heteroatoms. The van der Waals surface area contributed by atoms with Gasteiger partial charge in [0.25, 0.3) is 5.91 Å². The molecule has 1 aliphatic heterocycles. The fourth-order valence-electron chi connectivity index (χ4n) is 2.26. The van der Waals surface area contributed by atoms with E-state index in [1.807, 2.05) is 0 Å². The number of carbonyl (C=O) groups excluding carboxylic acids is 1. The number of rotatable bonds is 3. The van der Waals surface area contributed by atoms with Gasteiger partial charge in [-0.3, -0.25) is 14.7 Å². The second-order valence-corrected chi connectivity index (χ2v) is 6.03. The Morgan fingerprint density at radius 3 is 2.83 bits per heavy atom. The Hall–Kier alpha value is -2.22. The second-order valence-electron chi connectivity index (χ2n) is 5.09. The van der Waals surface area contributed by atoms with Gasteiger partial charge < -0.3 is 4.42 Å². The Morgan fingerprint density at radius 2 is 2.12 bits per heavy atom. The molecule has 2 heterocycles. The fourth-order valence-corrected chi connectivity index (χ4v) is 3.25. The number of furan rings is 1. The van der Waals surface area contributed by atoms with E-state index >= 15 is 0 Å². The molecule has 3 rings (SSSR count). The molecule has 1 amide bonds. The number of alkyl halides is 3. The van der Waals surface area contributed by atoms with E-state index in [0.717, 1.165) is 12.1 Å². The van der Waals surface area contributed by atoms with Gasteiger partial charge in [0.15, 0.2) is 10.9 Å². The molecule has 0 radical (unpaired) electrons. The molecule has 0 fully saturated rings. The average Bonchev–Trinajstić information content (AvgIpc) is 3.23. The van der Waals surface area contributed by atoms with Crippen LogP contribution in [-0.4, -0.2) is 29.1 Å². The molecule has 126 valence electrons. The van der Waals surface area contributed by atoms with Crippen LogP contribution < -0.4 is 0 Å². The van der Waals surface area contributed by atoms with E-state index in [0.29, 0.717) is 29.6 Å². The van der Waals surface area contributed by atoms with Gasteiger partial charge in [-0.05, 0) is 23.8 Å². The van der Waals surface area contributed by atoms with Crippen molar-refractivity contribution in [3.05, 3.63) is 59.5 Å². The number of carbonyl (C=O) groups is 1. The van der Waals surface area contributed by atoms with Crippen molar-refractivity contribution < 1.29 is 22.4 Å². The number of halogens is 3. The third-order valence-corrected chi connectivity index (χ3v) is 4.49. The lowest BCUT2D eigenvalue weighted by Crippen LogP contribution is -2.32. The molecular formula is C16H13F3N2O2S. The van der Waals surface area contributed by atoms with Crippen molar-refractivity contribution in [2.24, 2.45) is 4.99 Å². The highest BCUT2D eigenvalue weighted by molar-refractivity contribution is 8.13. The first-order valence-electron chi connectivity index (χ1n) is 7.14. The van der Waals surface area contributed by atoms with Crippen LogP contribution in [0.2, 0.25) is 0 Å². The summed E-state index contributed by atoms with van der Waals surface area (Å²) in [4.78, 5) is 18.0. The summed E-state index contributed by atoms with van der Waals surface area (Å²) in [7, 11) is 0. The maximum atomic E-state index is 12.7. The number of thioether (sulfide) groups is 1. The molecule has 0 atom stereocenters. The Kier molecular flexibility index (Phi) is 4.66. The zero-order valence-electron chi connectivity index (χ0n) is 12.4. The number of amidine groups is 1. The van der Waals surface area contributed by atoms with Crippen molar-refractivity contribution in [3.63, 3.8) is 0 Å². The van der Waals surface area contributed by atoms with Crippen LogP contribution in [-0.2, 0) is 11.9 Å². The van der Waals surface area contributed by atoms with Gasteiger partial charge in [-0.1, -0.05) is 30.0 Å². The molecule has 0 saturated heterocycles. The predicted octanol–water partition coefficient (Wildman–Crippen LogP) is 4.04. The zero-order valence-corrected chi connectivity index (χ0v) is 13.2. The summed E-state index contributed by atoms with van der Waals surface area (Å²) < 4.78 is 43.3. The van der Waals surface area contributed by atoms with E-state index in [-0.39, 0.29) is 11.7 Å². The van der Waals surface area contributed by atoms with E-state index in [1.165, 1.54) is 29.0 Å². The van der Waals surface area contributed by atoms with Crippen LogP contribution in [0, 0.1) is 0 Å². The van der Waals surface area contributed by atoms with E-state index < -0.39 is 11.7 Å². The van der Waals surface area contributed by atoms with Crippen LogP contribution in [0.3, 0.4) is 0 Å². The molecule has 2 aromatic rings. The van der Waals surface area contributed by atoms with Gasteiger partial charge in [-0.2, -0.15) is 13.2 Å². The van der Waals surface area contributed by atoms with Crippen molar-refractivity contribution in [2.75, 3.05) is 13.1 Å². The summed E-state index contributed by atoms with van der Waals surface area (Å²) in [6.45, 7) is 0.905. The third kappa shape index (κ3) is 3.64. The molecule has 1 aliphatic rings. The van der Waals surface area contributed by atoms with Crippen molar-refractivity contribution in [2.45, 2.75) is 11.9 Å². The zero-order chi connectivity index (χ0) is 17.2. The third-order valence-electron chi connectivity index (χ3n) is 3.40. The number of amides is 1. The highest BCUT2D eigenvalue weighted by Crippen LogP contribution is 2.30. The molecule has 1 aromatic carbocycles. The van der Waals surface area contributed by atoms with Gasteiger partial charge in [0, 0.05) is 12.3 Å². The van der Waals surface area contributed by atoms with E-state index in [9.17, 15) is 18.0 Å². The molecule has 0 bridgehead atoms. The lowest BCUT2D eigenvalue weighted by atomic mass is 10.1. The molecule has 0 N–H and O–H groups in total. The number of nitrogens with zero attached hydrogens (tertiary/aromatic N) is 2. The standard InChI is InChI=1S/C16H13F3N2O2S/c17-16(18,19)12-4-1-3-11(9-12)10-24-15-20-6-7-21(15)14(22)13-5-2-8-23-13/h1-5,8-9H,6-7,10H2. The smallest absolute Gasteiger partial charge is 0.416 e. The first kappa shape index (κ1) is 16.6. The van der Waals surface area contributed by atoms with Crippen LogP contribution in [0.4, 0.5) is 13.2 Å². The minimum atomic E-state index is -4.37. The minimum absolute atomic E-state index is 0.212. The maximum Gasteiger partial charge on any atom is 0.416 e. The first-order valence-corrected chi connectivity index (χ1v) is 8.12. The summed E-state index contributed by atoms with van der Waals surface area (Å²) in [5.74, 6) is 0.210. The molecular weight excluding hydrogens is 341 g/mol. The number of benzene rings is 1. The van der Waals surface area contributed by atoms with Crippen LogP contribution in [0.25, 0.3) is 0 Å². The Bertz CT molecular complexity index is 757. The minimum Gasteiger partial charge on any atom is -0.459 e. The quantitative estimate of drug-likeness (QED) is 0.836. The van der Waals surface area contributed by atoms with E-state index in [2.05, 4.69) is 4.99 Å². The highest BCUT2D eigenvalue weighted by Gasteiger charge is 2.31. The van der Waals surface area contributed by atoms with Gasteiger partial charge >= 0.3 is 6.18 Å². The topological polar surface area (TPSA) is 45.8 Å². The van der Waals surface area contributed by atoms with Crippen molar-refractivity contribution in [3.8, 4) is 0 Å². The lowest BCUT2D eigenvalue weighted by Gasteiger charge is -2.16. The Morgan fingerprint density at radius 1 is 1.29 bits per heavy atom. The molecule has 24 heavy (non-hydrogen) atoms. The summed E-state index contributed by atoms with van der Waals surface area (Å²) in [5, 5.41) is 0.494. The number of aliphatic imine (C=N–C) groups is 1.